The van der Waals surface area contributed by atoms with Gasteiger partial charge in [0.25, 0.3) is 0 Å². The first-order chi connectivity index (χ1) is 10.1. The van der Waals surface area contributed by atoms with Gasteiger partial charge in [0.15, 0.2) is 0 Å². The van der Waals surface area contributed by atoms with Gasteiger partial charge in [0.05, 0.1) is 12.2 Å². The number of hydrogen-bond donors (Lipinski definition) is 2. The zero-order valence-electron chi connectivity index (χ0n) is 11.4. The second-order valence-corrected chi connectivity index (χ2v) is 4.73. The zero-order valence-corrected chi connectivity index (χ0v) is 11.4. The van der Waals surface area contributed by atoms with E-state index in [0.717, 1.165) is 11.3 Å². The minimum atomic E-state index is -0.930. The van der Waals surface area contributed by atoms with Gasteiger partial charge in [0.1, 0.15) is 11.6 Å². The van der Waals surface area contributed by atoms with Crippen molar-refractivity contribution in [2.24, 2.45) is 0 Å². The molecule has 3 rings (SSSR count). The van der Waals surface area contributed by atoms with Crippen LogP contribution in [0.3, 0.4) is 0 Å². The fourth-order valence-electron chi connectivity index (χ4n) is 2.17. The average Bonchev–Trinajstić information content (AvgIpc) is 2.46. The molecule has 0 saturated heterocycles. The third-order valence-corrected chi connectivity index (χ3v) is 3.23. The van der Waals surface area contributed by atoms with E-state index in [4.69, 9.17) is 5.11 Å². The van der Waals surface area contributed by atoms with E-state index in [1.54, 1.807) is 25.4 Å². The summed E-state index contributed by atoms with van der Waals surface area (Å²) in [5.74, 6) is 1.66. The highest BCUT2D eigenvalue weighted by atomic mass is 16.4. The van der Waals surface area contributed by atoms with E-state index in [-0.39, 0.29) is 6.54 Å². The molecule has 2 N–H and O–H groups in total. The lowest BCUT2D eigenvalue weighted by atomic mass is 10.1. The summed E-state index contributed by atoms with van der Waals surface area (Å²) in [6, 6.07) is 1.72. The van der Waals surface area contributed by atoms with Gasteiger partial charge in [-0.25, -0.2) is 24.7 Å². The van der Waals surface area contributed by atoms with Crippen LogP contribution in [0.4, 0.5) is 16.6 Å². The Morgan fingerprint density at radius 2 is 2.24 bits per heavy atom. The van der Waals surface area contributed by atoms with E-state index in [1.807, 2.05) is 0 Å². The standard InChI is InChI=1S/C13H14N6O2/c1-8-14-4-2-11(16-8)18-12-15-6-9-3-5-19(13(20)21)7-10(9)17-12/h2,4,6H,3,5,7H2,1H3,(H,20,21)(H,14,15,16,17,18). The summed E-state index contributed by atoms with van der Waals surface area (Å²) >= 11 is 0. The van der Waals surface area contributed by atoms with Crippen LogP contribution in [-0.2, 0) is 13.0 Å². The van der Waals surface area contributed by atoms with Crippen molar-refractivity contribution in [3.63, 3.8) is 0 Å². The van der Waals surface area contributed by atoms with Gasteiger partial charge in [-0.1, -0.05) is 0 Å². The zero-order chi connectivity index (χ0) is 14.8. The molecule has 0 unspecified atom stereocenters. The van der Waals surface area contributed by atoms with Crippen molar-refractivity contribution >= 4 is 17.9 Å². The van der Waals surface area contributed by atoms with Crippen molar-refractivity contribution in [2.45, 2.75) is 19.9 Å². The molecule has 0 bridgehead atoms. The molecule has 0 aromatic carbocycles. The van der Waals surface area contributed by atoms with Crippen LogP contribution < -0.4 is 5.32 Å². The van der Waals surface area contributed by atoms with Crippen LogP contribution in [-0.4, -0.2) is 42.6 Å². The van der Waals surface area contributed by atoms with Gasteiger partial charge in [-0.3, -0.25) is 0 Å². The van der Waals surface area contributed by atoms with E-state index in [2.05, 4.69) is 25.3 Å². The number of aryl methyl sites for hydroxylation is 1. The fraction of sp³-hybridized carbons (Fsp3) is 0.308. The summed E-state index contributed by atoms with van der Waals surface area (Å²) in [7, 11) is 0. The molecule has 2 aromatic rings. The Labute approximate surface area is 120 Å². The molecule has 2 aromatic heterocycles. The third kappa shape index (κ3) is 2.88. The largest absolute Gasteiger partial charge is 0.465 e. The monoisotopic (exact) mass is 286 g/mol. The fourth-order valence-corrected chi connectivity index (χ4v) is 2.17. The van der Waals surface area contributed by atoms with Crippen molar-refractivity contribution in [3.8, 4) is 0 Å². The molecule has 1 aliphatic heterocycles. The van der Waals surface area contributed by atoms with E-state index < -0.39 is 6.09 Å². The summed E-state index contributed by atoms with van der Waals surface area (Å²) in [5, 5.41) is 12.0. The Bertz CT molecular complexity index is 690. The van der Waals surface area contributed by atoms with Crippen molar-refractivity contribution in [2.75, 3.05) is 11.9 Å². The predicted molar refractivity (Wildman–Crippen MR) is 74.2 cm³/mol. The Morgan fingerprint density at radius 1 is 1.38 bits per heavy atom. The molecule has 0 atom stereocenters. The minimum Gasteiger partial charge on any atom is -0.465 e. The van der Waals surface area contributed by atoms with E-state index >= 15 is 0 Å². The molecule has 8 nitrogen and oxygen atoms in total. The van der Waals surface area contributed by atoms with Crippen molar-refractivity contribution < 1.29 is 9.90 Å². The Morgan fingerprint density at radius 3 is 3.00 bits per heavy atom. The Hall–Kier alpha value is -2.77. The van der Waals surface area contributed by atoms with Gasteiger partial charge < -0.3 is 15.3 Å². The van der Waals surface area contributed by atoms with Crippen LogP contribution >= 0.6 is 0 Å². The third-order valence-electron chi connectivity index (χ3n) is 3.23. The smallest absolute Gasteiger partial charge is 0.407 e. The van der Waals surface area contributed by atoms with Crippen molar-refractivity contribution in [3.05, 3.63) is 35.5 Å². The van der Waals surface area contributed by atoms with Gasteiger partial charge in [-0.05, 0) is 25.0 Å². The molecule has 0 fully saturated rings. The molecular formula is C13H14N6O2. The van der Waals surface area contributed by atoms with Gasteiger partial charge in [-0.15, -0.1) is 0 Å². The van der Waals surface area contributed by atoms with E-state index in [1.165, 1.54) is 4.90 Å². The van der Waals surface area contributed by atoms with E-state index in [9.17, 15) is 4.79 Å². The molecule has 0 saturated carbocycles. The normalized spacial score (nSPS) is 13.7. The second kappa shape index (κ2) is 5.31. The van der Waals surface area contributed by atoms with Gasteiger partial charge in [0, 0.05) is 18.9 Å². The number of aromatic nitrogens is 4. The number of carbonyl (C=O) groups is 1. The van der Waals surface area contributed by atoms with E-state index in [0.29, 0.717) is 30.6 Å². The summed E-state index contributed by atoms with van der Waals surface area (Å²) in [6.07, 6.45) is 3.09. The van der Waals surface area contributed by atoms with Gasteiger partial charge >= 0.3 is 6.09 Å². The molecule has 1 aliphatic rings. The van der Waals surface area contributed by atoms with Crippen LogP contribution in [0.5, 0.6) is 0 Å². The summed E-state index contributed by atoms with van der Waals surface area (Å²) in [6.45, 7) is 2.55. The number of fused-ring (bicyclic) bond motifs is 1. The van der Waals surface area contributed by atoms with Crippen molar-refractivity contribution in [1.29, 1.82) is 0 Å². The number of nitrogens with one attached hydrogen (secondary N) is 1. The first kappa shape index (κ1) is 13.2. The molecule has 21 heavy (non-hydrogen) atoms. The lowest BCUT2D eigenvalue weighted by Gasteiger charge is -2.25. The molecule has 8 heteroatoms. The number of amides is 1. The highest BCUT2D eigenvalue weighted by molar-refractivity contribution is 5.65. The number of hydrogen-bond acceptors (Lipinski definition) is 6. The maximum Gasteiger partial charge on any atom is 0.407 e. The second-order valence-electron chi connectivity index (χ2n) is 4.73. The van der Waals surface area contributed by atoms with Crippen LogP contribution in [0, 0.1) is 6.92 Å². The summed E-state index contributed by atoms with van der Waals surface area (Å²) in [5.41, 5.74) is 1.71. The molecule has 108 valence electrons. The van der Waals surface area contributed by atoms with Gasteiger partial charge in [-0.2, -0.15) is 0 Å². The Balaban J connectivity index is 1.82. The topological polar surface area (TPSA) is 104 Å². The molecule has 0 spiro atoms. The predicted octanol–water partition coefficient (Wildman–Crippen LogP) is 1.35. The number of anilines is 2. The number of nitrogens with zero attached hydrogens (tertiary/aromatic N) is 5. The van der Waals surface area contributed by atoms with Crippen LogP contribution in [0.25, 0.3) is 0 Å². The number of carboxylic acid groups (broad SMARTS) is 1. The molecule has 0 radical (unpaired) electrons. The van der Waals surface area contributed by atoms with Crippen LogP contribution in [0.1, 0.15) is 17.1 Å². The molecule has 0 aliphatic carbocycles. The first-order valence-electron chi connectivity index (χ1n) is 6.51. The highest BCUT2D eigenvalue weighted by Gasteiger charge is 2.21. The maximum absolute atomic E-state index is 11.0. The van der Waals surface area contributed by atoms with Crippen molar-refractivity contribution in [1.82, 2.24) is 24.8 Å². The Kier molecular flexibility index (Phi) is 3.35. The lowest BCUT2D eigenvalue weighted by Crippen LogP contribution is -2.35. The SMILES string of the molecule is Cc1nccc(Nc2ncc3c(n2)CN(C(=O)O)CC3)n1. The molecular weight excluding hydrogens is 272 g/mol. The average molecular weight is 286 g/mol. The minimum absolute atomic E-state index is 0.282. The highest BCUT2D eigenvalue weighted by Crippen LogP contribution is 2.19. The molecule has 1 amide bonds. The number of rotatable bonds is 2. The van der Waals surface area contributed by atoms with Crippen LogP contribution in [0.2, 0.25) is 0 Å². The lowest BCUT2D eigenvalue weighted by molar-refractivity contribution is 0.139. The maximum atomic E-state index is 11.0. The van der Waals surface area contributed by atoms with Gasteiger partial charge in [0.2, 0.25) is 5.95 Å². The van der Waals surface area contributed by atoms with Crippen LogP contribution in [0.15, 0.2) is 18.5 Å². The molecule has 3 heterocycles. The summed E-state index contributed by atoms with van der Waals surface area (Å²) in [4.78, 5) is 29.2. The quantitative estimate of drug-likeness (QED) is 0.858. The summed E-state index contributed by atoms with van der Waals surface area (Å²) < 4.78 is 0. The first-order valence-corrected chi connectivity index (χ1v) is 6.51.